The average molecular weight is 404 g/mol. The molecule has 0 radical (unpaired) electrons. The van der Waals surface area contributed by atoms with Crippen molar-refractivity contribution >= 4 is 28.9 Å². The van der Waals surface area contributed by atoms with Crippen LogP contribution in [0.5, 0.6) is 0 Å². The summed E-state index contributed by atoms with van der Waals surface area (Å²) in [5, 5.41) is 0. The number of rotatable bonds is 4. The molecular weight excluding hydrogens is 380 g/mol. The fourth-order valence-electron chi connectivity index (χ4n) is 4.21. The first-order valence-corrected chi connectivity index (χ1v) is 10.3. The van der Waals surface area contributed by atoms with E-state index in [0.29, 0.717) is 28.0 Å². The predicted octanol–water partition coefficient (Wildman–Crippen LogP) is 3.43. The van der Waals surface area contributed by atoms with Gasteiger partial charge in [0.15, 0.2) is 11.6 Å². The quantitative estimate of drug-likeness (QED) is 0.407. The Morgan fingerprint density at radius 3 is 2.33 bits per heavy atom. The molecule has 0 spiro atoms. The Morgan fingerprint density at radius 1 is 1.00 bits per heavy atom. The van der Waals surface area contributed by atoms with Crippen LogP contribution >= 0.6 is 0 Å². The molecule has 0 unspecified atom stereocenters. The first kappa shape index (κ1) is 19.9. The highest BCUT2D eigenvalue weighted by atomic mass is 16.5. The van der Waals surface area contributed by atoms with Crippen LogP contribution in [0.3, 0.4) is 0 Å². The van der Waals surface area contributed by atoms with Gasteiger partial charge in [-0.2, -0.15) is 0 Å². The molecule has 1 heterocycles. The van der Waals surface area contributed by atoms with Crippen LogP contribution in [-0.2, 0) is 9.53 Å². The molecule has 2 aromatic carbocycles. The van der Waals surface area contributed by atoms with Gasteiger partial charge in [0.25, 0.3) is 0 Å². The van der Waals surface area contributed by atoms with Gasteiger partial charge in [-0.15, -0.1) is 0 Å². The van der Waals surface area contributed by atoms with E-state index in [0.717, 1.165) is 32.4 Å². The first-order chi connectivity index (χ1) is 14.5. The van der Waals surface area contributed by atoms with Crippen LogP contribution in [0.25, 0.3) is 5.70 Å². The highest BCUT2D eigenvalue weighted by molar-refractivity contribution is 6.30. The number of nitrogens with zero attached hydrogens (tertiary/aromatic N) is 1. The zero-order valence-corrected chi connectivity index (χ0v) is 16.9. The van der Waals surface area contributed by atoms with E-state index in [1.165, 1.54) is 6.08 Å². The second-order valence-corrected chi connectivity index (χ2v) is 7.48. The summed E-state index contributed by atoms with van der Waals surface area (Å²) in [7, 11) is 0. The fraction of sp³-hybridized carbons (Fsp3) is 0.292. The van der Waals surface area contributed by atoms with E-state index in [-0.39, 0.29) is 29.4 Å². The Bertz CT molecular complexity index is 1060. The van der Waals surface area contributed by atoms with Crippen molar-refractivity contribution in [2.45, 2.75) is 26.2 Å². The number of esters is 1. The molecule has 0 saturated carbocycles. The third-order valence-electron chi connectivity index (χ3n) is 5.65. The minimum Gasteiger partial charge on any atom is -0.463 e. The lowest BCUT2D eigenvalue weighted by Gasteiger charge is -2.32. The zero-order valence-electron chi connectivity index (χ0n) is 16.9. The summed E-state index contributed by atoms with van der Waals surface area (Å²) in [4.78, 5) is 40.5. The van der Waals surface area contributed by atoms with Crippen molar-refractivity contribution in [1.29, 1.82) is 0 Å². The number of piperidine rings is 1. The van der Waals surface area contributed by atoms with E-state index < -0.39 is 5.97 Å². The van der Waals surface area contributed by atoms with E-state index in [1.807, 2.05) is 0 Å². The van der Waals surface area contributed by atoms with Crippen LogP contribution < -0.4 is 5.73 Å². The monoisotopic (exact) mass is 404 g/mol. The molecule has 6 heteroatoms. The lowest BCUT2D eigenvalue weighted by Crippen LogP contribution is -2.30. The van der Waals surface area contributed by atoms with E-state index in [9.17, 15) is 14.4 Å². The van der Waals surface area contributed by atoms with Gasteiger partial charge in [0.1, 0.15) is 0 Å². The van der Waals surface area contributed by atoms with E-state index >= 15 is 0 Å². The summed E-state index contributed by atoms with van der Waals surface area (Å²) in [5.41, 5.74) is 9.16. The van der Waals surface area contributed by atoms with Gasteiger partial charge >= 0.3 is 5.97 Å². The van der Waals surface area contributed by atoms with Gasteiger partial charge in [-0.3, -0.25) is 9.59 Å². The van der Waals surface area contributed by atoms with Crippen LogP contribution in [0.2, 0.25) is 0 Å². The number of hydrogen-bond acceptors (Lipinski definition) is 6. The van der Waals surface area contributed by atoms with Gasteiger partial charge < -0.3 is 15.4 Å². The van der Waals surface area contributed by atoms with E-state index in [2.05, 4.69) is 4.90 Å². The Labute approximate surface area is 175 Å². The third-order valence-corrected chi connectivity index (χ3v) is 5.65. The van der Waals surface area contributed by atoms with E-state index in [4.69, 9.17) is 10.5 Å². The molecule has 1 aliphatic heterocycles. The Morgan fingerprint density at radius 2 is 1.67 bits per heavy atom. The molecule has 154 valence electrons. The summed E-state index contributed by atoms with van der Waals surface area (Å²) in [6.07, 6.45) is 4.59. The van der Waals surface area contributed by atoms with Gasteiger partial charge in [0.2, 0.25) is 0 Å². The van der Waals surface area contributed by atoms with Crippen molar-refractivity contribution in [3.8, 4) is 0 Å². The van der Waals surface area contributed by atoms with Crippen LogP contribution in [0.15, 0.2) is 42.5 Å². The van der Waals surface area contributed by atoms with Crippen molar-refractivity contribution in [3.05, 3.63) is 70.3 Å². The topological polar surface area (TPSA) is 89.7 Å². The minimum atomic E-state index is -0.456. The number of carbonyl (C=O) groups is 3. The summed E-state index contributed by atoms with van der Waals surface area (Å²) >= 11 is 0. The zero-order chi connectivity index (χ0) is 21.3. The van der Waals surface area contributed by atoms with Gasteiger partial charge in [-0.1, -0.05) is 30.3 Å². The Kier molecular flexibility index (Phi) is 5.40. The second-order valence-electron chi connectivity index (χ2n) is 7.48. The van der Waals surface area contributed by atoms with Crippen molar-refractivity contribution in [2.24, 2.45) is 0 Å². The lowest BCUT2D eigenvalue weighted by atomic mass is 9.82. The predicted molar refractivity (Wildman–Crippen MR) is 114 cm³/mol. The molecule has 4 rings (SSSR count). The van der Waals surface area contributed by atoms with Crippen molar-refractivity contribution in [2.75, 3.05) is 25.4 Å². The molecule has 0 amide bonds. The number of ketones is 2. The number of benzene rings is 2. The second kappa shape index (κ2) is 8.14. The maximum atomic E-state index is 13.2. The van der Waals surface area contributed by atoms with Gasteiger partial charge in [-0.25, -0.2) is 4.79 Å². The standard InChI is InChI=1S/C24H24N2O4/c1-2-30-20(27)14-19(26-12-6-3-7-13-26)17-10-11-18-21(22(17)25)24(29)16-9-5-4-8-15(16)23(18)28/h4-5,8-11,14H,2-3,6-7,12-13,25H2,1H3/b19-14-. The summed E-state index contributed by atoms with van der Waals surface area (Å²) in [6.45, 7) is 3.60. The number of likely N-dealkylation sites (tertiary alicyclic amines) is 1. The molecule has 0 aromatic heterocycles. The lowest BCUT2D eigenvalue weighted by molar-refractivity contribution is -0.137. The average Bonchev–Trinajstić information content (AvgIpc) is 2.77. The first-order valence-electron chi connectivity index (χ1n) is 10.3. The molecule has 1 fully saturated rings. The van der Waals surface area contributed by atoms with Crippen LogP contribution in [0.4, 0.5) is 5.69 Å². The molecule has 30 heavy (non-hydrogen) atoms. The molecule has 2 aliphatic rings. The summed E-state index contributed by atoms with van der Waals surface area (Å²) < 4.78 is 5.12. The highest BCUT2D eigenvalue weighted by Crippen LogP contribution is 2.36. The number of ether oxygens (including phenoxy) is 1. The number of anilines is 1. The number of carbonyl (C=O) groups excluding carboxylic acids is 3. The minimum absolute atomic E-state index is 0.211. The summed E-state index contributed by atoms with van der Waals surface area (Å²) in [6, 6.07) is 10.1. The van der Waals surface area contributed by atoms with E-state index in [1.54, 1.807) is 43.3 Å². The molecular formula is C24H24N2O4. The molecule has 2 N–H and O–H groups in total. The maximum Gasteiger partial charge on any atom is 0.332 e. The molecule has 1 saturated heterocycles. The molecule has 0 atom stereocenters. The van der Waals surface area contributed by atoms with Crippen LogP contribution in [0, 0.1) is 0 Å². The van der Waals surface area contributed by atoms with Crippen LogP contribution in [-0.4, -0.2) is 42.1 Å². The van der Waals surface area contributed by atoms with Gasteiger partial charge in [0.05, 0.1) is 23.6 Å². The summed E-state index contributed by atoms with van der Waals surface area (Å²) in [5.74, 6) is -0.941. The van der Waals surface area contributed by atoms with Crippen molar-refractivity contribution < 1.29 is 19.1 Å². The number of fused-ring (bicyclic) bond motifs is 2. The van der Waals surface area contributed by atoms with Crippen molar-refractivity contribution in [3.63, 3.8) is 0 Å². The normalized spacial score (nSPS) is 16.2. The van der Waals surface area contributed by atoms with Crippen LogP contribution in [0.1, 0.15) is 63.6 Å². The molecule has 2 aromatic rings. The van der Waals surface area contributed by atoms with Crippen molar-refractivity contribution in [1.82, 2.24) is 4.90 Å². The number of hydrogen-bond donors (Lipinski definition) is 1. The highest BCUT2D eigenvalue weighted by Gasteiger charge is 2.33. The Hall–Kier alpha value is -3.41. The molecule has 6 nitrogen and oxygen atoms in total. The maximum absolute atomic E-state index is 13.2. The fourth-order valence-corrected chi connectivity index (χ4v) is 4.21. The van der Waals surface area contributed by atoms with Gasteiger partial charge in [-0.05, 0) is 32.3 Å². The SMILES string of the molecule is CCOC(=O)/C=C(/c1ccc2c(c1N)C(=O)c1ccccc1C2=O)N1CCCCC1. The number of nitrogen functional groups attached to an aromatic ring is 1. The van der Waals surface area contributed by atoms with Gasteiger partial charge in [0, 0.05) is 41.4 Å². The third kappa shape index (κ3) is 3.38. The molecule has 1 aliphatic carbocycles. The molecule has 0 bridgehead atoms. The largest absolute Gasteiger partial charge is 0.463 e. The number of nitrogens with two attached hydrogens (primary N) is 1. The Balaban J connectivity index is 1.85. The smallest absolute Gasteiger partial charge is 0.332 e.